The fourth-order valence-electron chi connectivity index (χ4n) is 3.27. The Morgan fingerprint density at radius 3 is 2.63 bits per heavy atom. The van der Waals surface area contributed by atoms with E-state index < -0.39 is 0 Å². The molecule has 1 atom stereocenters. The first-order chi connectivity index (χ1) is 9.07. The number of nitrogens with one attached hydrogen (secondary N) is 1. The molecule has 1 aliphatic rings. The molecule has 0 radical (unpaired) electrons. The van der Waals surface area contributed by atoms with Crippen LogP contribution in [0.25, 0.3) is 0 Å². The first-order valence-corrected chi connectivity index (χ1v) is 7.61. The Morgan fingerprint density at radius 2 is 2.05 bits per heavy atom. The van der Waals surface area contributed by atoms with Crippen LogP contribution in [0.1, 0.15) is 45.1 Å². The van der Waals surface area contributed by atoms with Crippen molar-refractivity contribution in [2.24, 2.45) is 5.41 Å². The lowest BCUT2D eigenvalue weighted by atomic mass is 9.77. The summed E-state index contributed by atoms with van der Waals surface area (Å²) in [6.07, 6.45) is 5.68. The Bertz CT molecular complexity index is 407. The number of likely N-dealkylation sites (N-methyl/N-ethyl adjacent to an activating group) is 1. The van der Waals surface area contributed by atoms with Gasteiger partial charge in [0, 0.05) is 16.6 Å². The van der Waals surface area contributed by atoms with E-state index in [0.717, 1.165) is 6.54 Å². The molecule has 1 nitrogen and oxygen atoms in total. The second-order valence-corrected chi connectivity index (χ2v) is 6.28. The summed E-state index contributed by atoms with van der Waals surface area (Å²) < 4.78 is 14.0. The van der Waals surface area contributed by atoms with E-state index in [1.807, 2.05) is 0 Å². The fourth-order valence-corrected chi connectivity index (χ4v) is 3.51. The van der Waals surface area contributed by atoms with Crippen molar-refractivity contribution in [3.8, 4) is 0 Å². The van der Waals surface area contributed by atoms with E-state index in [0.29, 0.717) is 23.0 Å². The lowest BCUT2D eigenvalue weighted by Gasteiger charge is -2.35. The van der Waals surface area contributed by atoms with E-state index in [4.69, 9.17) is 11.6 Å². The van der Waals surface area contributed by atoms with E-state index in [2.05, 4.69) is 19.2 Å². The fraction of sp³-hybridized carbons (Fsp3) is 0.625. The first kappa shape index (κ1) is 14.8. The van der Waals surface area contributed by atoms with Gasteiger partial charge in [-0.25, -0.2) is 4.39 Å². The van der Waals surface area contributed by atoms with Crippen molar-refractivity contribution in [3.05, 3.63) is 34.6 Å². The van der Waals surface area contributed by atoms with E-state index in [1.54, 1.807) is 12.1 Å². The van der Waals surface area contributed by atoms with Crippen LogP contribution in [0.3, 0.4) is 0 Å². The highest BCUT2D eigenvalue weighted by Crippen LogP contribution is 2.42. The van der Waals surface area contributed by atoms with Crippen LogP contribution in [-0.4, -0.2) is 12.6 Å². The highest BCUT2D eigenvalue weighted by molar-refractivity contribution is 6.31. The molecule has 0 bridgehead atoms. The van der Waals surface area contributed by atoms with Crippen molar-refractivity contribution in [2.45, 2.75) is 52.0 Å². The van der Waals surface area contributed by atoms with Gasteiger partial charge in [0.05, 0.1) is 0 Å². The Balaban J connectivity index is 2.21. The SMILES string of the molecule is CCNC(Cc1c(F)cccc1Cl)C1(C)CCCC1. The maximum Gasteiger partial charge on any atom is 0.127 e. The van der Waals surface area contributed by atoms with Crippen LogP contribution >= 0.6 is 11.6 Å². The minimum absolute atomic E-state index is 0.183. The van der Waals surface area contributed by atoms with Gasteiger partial charge in [-0.1, -0.05) is 44.4 Å². The lowest BCUT2D eigenvalue weighted by molar-refractivity contribution is 0.221. The van der Waals surface area contributed by atoms with Crippen molar-refractivity contribution in [1.29, 1.82) is 0 Å². The maximum atomic E-state index is 14.0. The van der Waals surface area contributed by atoms with Crippen LogP contribution in [0, 0.1) is 11.2 Å². The third-order valence-electron chi connectivity index (χ3n) is 4.51. The summed E-state index contributed by atoms with van der Waals surface area (Å²) in [4.78, 5) is 0. The molecule has 0 spiro atoms. The molecule has 2 rings (SSSR count). The van der Waals surface area contributed by atoms with E-state index in [-0.39, 0.29) is 11.2 Å². The van der Waals surface area contributed by atoms with Gasteiger partial charge in [-0.15, -0.1) is 0 Å². The summed E-state index contributed by atoms with van der Waals surface area (Å²) in [5.41, 5.74) is 0.921. The number of hydrogen-bond acceptors (Lipinski definition) is 1. The molecule has 1 saturated carbocycles. The molecule has 1 fully saturated rings. The van der Waals surface area contributed by atoms with Crippen molar-refractivity contribution in [2.75, 3.05) is 6.54 Å². The van der Waals surface area contributed by atoms with Crippen LogP contribution in [-0.2, 0) is 6.42 Å². The lowest BCUT2D eigenvalue weighted by Crippen LogP contribution is -2.44. The molecule has 1 aromatic rings. The number of benzene rings is 1. The van der Waals surface area contributed by atoms with Crippen molar-refractivity contribution >= 4 is 11.6 Å². The third kappa shape index (κ3) is 3.29. The van der Waals surface area contributed by atoms with Gasteiger partial charge in [0.15, 0.2) is 0 Å². The van der Waals surface area contributed by atoms with Crippen LogP contribution in [0.2, 0.25) is 5.02 Å². The number of rotatable bonds is 5. The van der Waals surface area contributed by atoms with Gasteiger partial charge in [0.25, 0.3) is 0 Å². The van der Waals surface area contributed by atoms with Gasteiger partial charge in [-0.05, 0) is 43.4 Å². The van der Waals surface area contributed by atoms with Gasteiger partial charge in [-0.3, -0.25) is 0 Å². The van der Waals surface area contributed by atoms with E-state index in [9.17, 15) is 4.39 Å². The third-order valence-corrected chi connectivity index (χ3v) is 4.86. The molecule has 1 aromatic carbocycles. The Morgan fingerprint density at radius 1 is 1.37 bits per heavy atom. The molecule has 0 heterocycles. The second-order valence-electron chi connectivity index (χ2n) is 5.88. The smallest absolute Gasteiger partial charge is 0.127 e. The van der Waals surface area contributed by atoms with Gasteiger partial charge in [0.1, 0.15) is 5.82 Å². The summed E-state index contributed by atoms with van der Waals surface area (Å²) in [5.74, 6) is -0.183. The quantitative estimate of drug-likeness (QED) is 0.834. The predicted molar refractivity (Wildman–Crippen MR) is 79.2 cm³/mol. The molecule has 1 aliphatic carbocycles. The Labute approximate surface area is 120 Å². The maximum absolute atomic E-state index is 14.0. The summed E-state index contributed by atoms with van der Waals surface area (Å²) >= 11 is 6.16. The summed E-state index contributed by atoms with van der Waals surface area (Å²) in [7, 11) is 0. The highest BCUT2D eigenvalue weighted by atomic mass is 35.5. The van der Waals surface area contributed by atoms with Crippen LogP contribution in [0.5, 0.6) is 0 Å². The van der Waals surface area contributed by atoms with Crippen LogP contribution in [0.4, 0.5) is 4.39 Å². The van der Waals surface area contributed by atoms with Crippen molar-refractivity contribution in [3.63, 3.8) is 0 Å². The zero-order valence-electron chi connectivity index (χ0n) is 11.8. The molecule has 0 aromatic heterocycles. The Kier molecular flexibility index (Phi) is 4.86. The minimum atomic E-state index is -0.183. The largest absolute Gasteiger partial charge is 0.313 e. The zero-order valence-corrected chi connectivity index (χ0v) is 12.6. The average molecular weight is 284 g/mol. The highest BCUT2D eigenvalue weighted by Gasteiger charge is 2.37. The minimum Gasteiger partial charge on any atom is -0.313 e. The normalized spacial score (nSPS) is 19.6. The van der Waals surface area contributed by atoms with Crippen LogP contribution in [0.15, 0.2) is 18.2 Å². The van der Waals surface area contributed by atoms with Gasteiger partial charge in [0.2, 0.25) is 0 Å². The molecule has 3 heteroatoms. The molecule has 1 unspecified atom stereocenters. The van der Waals surface area contributed by atoms with E-state index in [1.165, 1.54) is 31.7 Å². The Hall–Kier alpha value is -0.600. The van der Waals surface area contributed by atoms with Gasteiger partial charge in [-0.2, -0.15) is 0 Å². The first-order valence-electron chi connectivity index (χ1n) is 7.23. The monoisotopic (exact) mass is 283 g/mol. The molecule has 0 amide bonds. The molecule has 106 valence electrons. The predicted octanol–water partition coefficient (Wildman–Crippen LogP) is 4.58. The van der Waals surface area contributed by atoms with Gasteiger partial charge >= 0.3 is 0 Å². The van der Waals surface area contributed by atoms with Crippen molar-refractivity contribution < 1.29 is 4.39 Å². The topological polar surface area (TPSA) is 12.0 Å². The number of hydrogen-bond donors (Lipinski definition) is 1. The summed E-state index contributed by atoms with van der Waals surface area (Å²) in [5, 5.41) is 4.09. The zero-order chi connectivity index (χ0) is 13.9. The molecule has 0 aliphatic heterocycles. The standard InChI is InChI=1S/C16H23ClFN/c1-3-19-15(16(2)9-4-5-10-16)11-12-13(17)7-6-8-14(12)18/h6-8,15,19H,3-5,9-11H2,1-2H3. The average Bonchev–Trinajstić information content (AvgIpc) is 2.81. The summed E-state index contributed by atoms with van der Waals surface area (Å²) in [6.45, 7) is 5.34. The molecular formula is C16H23ClFN. The number of halogens is 2. The van der Waals surface area contributed by atoms with Crippen molar-refractivity contribution in [1.82, 2.24) is 5.32 Å². The van der Waals surface area contributed by atoms with Crippen LogP contribution < -0.4 is 5.32 Å². The molecule has 19 heavy (non-hydrogen) atoms. The summed E-state index contributed by atoms with van der Waals surface area (Å²) in [6, 6.07) is 5.25. The second kappa shape index (κ2) is 6.23. The molecular weight excluding hydrogens is 261 g/mol. The molecule has 1 N–H and O–H groups in total. The molecule has 0 saturated heterocycles. The van der Waals surface area contributed by atoms with Gasteiger partial charge < -0.3 is 5.32 Å². The van der Waals surface area contributed by atoms with E-state index >= 15 is 0 Å².